The summed E-state index contributed by atoms with van der Waals surface area (Å²) in [4.78, 5) is 0. The normalized spacial score (nSPS) is 22.5. The Bertz CT molecular complexity index is 1010. The van der Waals surface area contributed by atoms with Crippen molar-refractivity contribution in [3.05, 3.63) is 96.1 Å². The van der Waals surface area contributed by atoms with E-state index in [4.69, 9.17) is 9.47 Å². The Balaban J connectivity index is 1.68. The SMILES string of the molecule is BrCC1OC(c2cccc3ccccc23)C(c2cccc3ccccc23)O1. The van der Waals surface area contributed by atoms with Gasteiger partial charge < -0.3 is 9.47 Å². The number of hydrogen-bond acceptors (Lipinski definition) is 2. The summed E-state index contributed by atoms with van der Waals surface area (Å²) in [6, 6.07) is 29.7. The molecule has 5 rings (SSSR count). The van der Waals surface area contributed by atoms with Gasteiger partial charge in [-0.25, -0.2) is 0 Å². The van der Waals surface area contributed by atoms with E-state index in [-0.39, 0.29) is 18.5 Å². The fraction of sp³-hybridized carbons (Fsp3) is 0.167. The number of hydrogen-bond donors (Lipinski definition) is 0. The molecule has 1 fully saturated rings. The summed E-state index contributed by atoms with van der Waals surface area (Å²) in [5.41, 5.74) is 2.35. The molecular weight excluding hydrogens is 400 g/mol. The van der Waals surface area contributed by atoms with Crippen LogP contribution in [0.15, 0.2) is 84.9 Å². The van der Waals surface area contributed by atoms with Gasteiger partial charge in [-0.2, -0.15) is 0 Å². The minimum Gasteiger partial charge on any atom is -0.341 e. The molecule has 0 spiro atoms. The van der Waals surface area contributed by atoms with Crippen LogP contribution in [0.5, 0.6) is 0 Å². The van der Waals surface area contributed by atoms with E-state index in [0.29, 0.717) is 5.33 Å². The first-order valence-corrected chi connectivity index (χ1v) is 10.3. The molecule has 134 valence electrons. The molecule has 0 aliphatic carbocycles. The van der Waals surface area contributed by atoms with Crippen LogP contribution in [0.3, 0.4) is 0 Å². The zero-order chi connectivity index (χ0) is 18.2. The summed E-state index contributed by atoms with van der Waals surface area (Å²) < 4.78 is 12.7. The highest BCUT2D eigenvalue weighted by Crippen LogP contribution is 2.46. The van der Waals surface area contributed by atoms with Gasteiger partial charge in [0, 0.05) is 0 Å². The lowest BCUT2D eigenvalue weighted by atomic mass is 9.91. The summed E-state index contributed by atoms with van der Waals surface area (Å²) in [5.74, 6) is 0. The van der Waals surface area contributed by atoms with Crippen molar-refractivity contribution in [1.29, 1.82) is 0 Å². The lowest BCUT2D eigenvalue weighted by molar-refractivity contribution is -0.0466. The monoisotopic (exact) mass is 418 g/mol. The highest BCUT2D eigenvalue weighted by Gasteiger charge is 2.39. The third kappa shape index (κ3) is 2.96. The van der Waals surface area contributed by atoms with Crippen LogP contribution >= 0.6 is 15.9 Å². The van der Waals surface area contributed by atoms with Crippen LogP contribution in [0.25, 0.3) is 21.5 Å². The molecule has 2 atom stereocenters. The van der Waals surface area contributed by atoms with Crippen molar-refractivity contribution in [2.24, 2.45) is 0 Å². The van der Waals surface area contributed by atoms with Gasteiger partial charge in [-0.05, 0) is 32.7 Å². The third-order valence-corrected chi connectivity index (χ3v) is 5.79. The van der Waals surface area contributed by atoms with Gasteiger partial charge in [-0.3, -0.25) is 0 Å². The van der Waals surface area contributed by atoms with Crippen molar-refractivity contribution in [2.75, 3.05) is 5.33 Å². The third-order valence-electron chi connectivity index (χ3n) is 5.26. The molecular formula is C24H19BrO2. The maximum Gasteiger partial charge on any atom is 0.169 e. The van der Waals surface area contributed by atoms with E-state index in [1.807, 2.05) is 0 Å². The van der Waals surface area contributed by atoms with E-state index in [2.05, 4.69) is 101 Å². The molecule has 0 aromatic heterocycles. The minimum atomic E-state index is -0.266. The molecule has 2 nitrogen and oxygen atoms in total. The maximum atomic E-state index is 6.35. The van der Waals surface area contributed by atoms with E-state index in [1.165, 1.54) is 32.7 Å². The molecule has 1 aliphatic rings. The molecule has 0 radical (unpaired) electrons. The zero-order valence-electron chi connectivity index (χ0n) is 14.7. The molecule has 4 aromatic rings. The summed E-state index contributed by atoms with van der Waals surface area (Å²) in [6.07, 6.45) is -0.563. The van der Waals surface area contributed by atoms with Crippen molar-refractivity contribution in [3.63, 3.8) is 0 Å². The molecule has 0 N–H and O–H groups in total. The molecule has 1 aliphatic heterocycles. The Kier molecular flexibility index (Phi) is 4.44. The Morgan fingerprint density at radius 3 is 1.52 bits per heavy atom. The summed E-state index contributed by atoms with van der Waals surface area (Å²) in [5, 5.41) is 5.52. The molecule has 0 saturated carbocycles. The maximum absolute atomic E-state index is 6.35. The van der Waals surface area contributed by atoms with Crippen LogP contribution in [0, 0.1) is 0 Å². The number of alkyl halides is 1. The Hall–Kier alpha value is -2.20. The van der Waals surface area contributed by atoms with Gasteiger partial charge in [0.2, 0.25) is 0 Å². The predicted octanol–water partition coefficient (Wildman–Crippen LogP) is 6.54. The largest absolute Gasteiger partial charge is 0.341 e. The van der Waals surface area contributed by atoms with Gasteiger partial charge in [0.05, 0.1) is 5.33 Å². The van der Waals surface area contributed by atoms with Gasteiger partial charge in [0.25, 0.3) is 0 Å². The van der Waals surface area contributed by atoms with Crippen LogP contribution in [0.1, 0.15) is 23.3 Å². The van der Waals surface area contributed by atoms with Gasteiger partial charge in [-0.1, -0.05) is 101 Å². The molecule has 1 heterocycles. The fourth-order valence-corrected chi connectivity index (χ4v) is 4.35. The number of halogens is 1. The number of ether oxygens (including phenoxy) is 2. The first-order chi connectivity index (χ1) is 13.3. The van der Waals surface area contributed by atoms with E-state index in [0.717, 1.165) is 0 Å². The number of rotatable bonds is 3. The fourth-order valence-electron chi connectivity index (χ4n) is 4.04. The van der Waals surface area contributed by atoms with Gasteiger partial charge in [0.15, 0.2) is 6.29 Å². The standard InChI is InChI=1S/C24H19BrO2/c25-15-22-26-23(20-13-5-9-16-7-1-3-11-18(16)20)24(27-22)21-14-6-10-17-8-2-4-12-19(17)21/h1-14,22-24H,15H2. The second-order valence-corrected chi connectivity index (χ2v) is 7.48. The van der Waals surface area contributed by atoms with Crippen LogP contribution in [0.4, 0.5) is 0 Å². The highest BCUT2D eigenvalue weighted by molar-refractivity contribution is 9.09. The second kappa shape index (κ2) is 7.08. The topological polar surface area (TPSA) is 18.5 Å². The summed E-state index contributed by atoms with van der Waals surface area (Å²) in [6.45, 7) is 0. The molecule has 0 amide bonds. The smallest absolute Gasteiger partial charge is 0.169 e. The summed E-state index contributed by atoms with van der Waals surface area (Å²) >= 11 is 3.53. The molecule has 1 saturated heterocycles. The average molecular weight is 419 g/mol. The van der Waals surface area contributed by atoms with Crippen LogP contribution in [-0.4, -0.2) is 11.6 Å². The lowest BCUT2D eigenvalue weighted by Gasteiger charge is -2.20. The van der Waals surface area contributed by atoms with Crippen molar-refractivity contribution in [2.45, 2.75) is 18.5 Å². The van der Waals surface area contributed by atoms with E-state index in [1.54, 1.807) is 0 Å². The number of benzene rings is 4. The molecule has 2 unspecified atom stereocenters. The Morgan fingerprint density at radius 2 is 1.04 bits per heavy atom. The minimum absolute atomic E-state index is 0.149. The quantitative estimate of drug-likeness (QED) is 0.351. The van der Waals surface area contributed by atoms with Crippen molar-refractivity contribution in [1.82, 2.24) is 0 Å². The average Bonchev–Trinajstić information content (AvgIpc) is 3.17. The Morgan fingerprint density at radius 1 is 0.593 bits per heavy atom. The summed E-state index contributed by atoms with van der Waals surface area (Å²) in [7, 11) is 0. The first-order valence-electron chi connectivity index (χ1n) is 9.17. The molecule has 0 bridgehead atoms. The van der Waals surface area contributed by atoms with Crippen LogP contribution in [-0.2, 0) is 9.47 Å². The lowest BCUT2D eigenvalue weighted by Crippen LogP contribution is -2.09. The highest BCUT2D eigenvalue weighted by atomic mass is 79.9. The zero-order valence-corrected chi connectivity index (χ0v) is 16.3. The van der Waals surface area contributed by atoms with Crippen LogP contribution in [0.2, 0.25) is 0 Å². The van der Waals surface area contributed by atoms with Crippen molar-refractivity contribution >= 4 is 37.5 Å². The first kappa shape index (κ1) is 16.9. The second-order valence-electron chi connectivity index (χ2n) is 6.83. The van der Waals surface area contributed by atoms with Crippen molar-refractivity contribution < 1.29 is 9.47 Å². The molecule has 4 aromatic carbocycles. The van der Waals surface area contributed by atoms with Gasteiger partial charge >= 0.3 is 0 Å². The van der Waals surface area contributed by atoms with E-state index < -0.39 is 0 Å². The van der Waals surface area contributed by atoms with Gasteiger partial charge in [-0.15, -0.1) is 0 Å². The number of fused-ring (bicyclic) bond motifs is 2. The van der Waals surface area contributed by atoms with Crippen molar-refractivity contribution in [3.8, 4) is 0 Å². The van der Waals surface area contributed by atoms with Gasteiger partial charge in [0.1, 0.15) is 12.2 Å². The molecule has 27 heavy (non-hydrogen) atoms. The van der Waals surface area contributed by atoms with E-state index in [9.17, 15) is 0 Å². The van der Waals surface area contributed by atoms with Crippen LogP contribution < -0.4 is 0 Å². The van der Waals surface area contributed by atoms with E-state index >= 15 is 0 Å². The Labute approximate surface area is 166 Å². The molecule has 3 heteroatoms. The predicted molar refractivity (Wildman–Crippen MR) is 113 cm³/mol.